The molecule has 0 bridgehead atoms. The topological polar surface area (TPSA) is 82.3 Å². The van der Waals surface area contributed by atoms with Gasteiger partial charge in [0.05, 0.1) is 10.0 Å². The van der Waals surface area contributed by atoms with E-state index in [1.807, 2.05) is 24.3 Å². The summed E-state index contributed by atoms with van der Waals surface area (Å²) in [7, 11) is 0. The standard InChI is InChI=1S/C18H18Cl2N2O.C18H19ClN2O/c19-16-8-5-13(10-17(16)20)18(23)22-15-6-3-12(4-7-15)14-2-1-9-21-11-14;19-16-5-1-3-14(11-16)18(22)21-17-8-6-13(7-9-17)15-4-2-10-20-12-15/h3-8,10,14,21H,1-2,9,11H2,(H,22,23);1,3,5-9,11,15,20H,2,4,10,12H2,(H,21,22)/t14-;15-/m11/s1. The SMILES string of the molecule is O=C(Nc1ccc([C@@H]2CCCNC2)cc1)c1ccc(Cl)c(Cl)c1.O=C(Nc1ccc([C@@H]2CCCNC2)cc1)c1cccc(Cl)c1. The number of hydrogen-bond donors (Lipinski definition) is 4. The van der Waals surface area contributed by atoms with Crippen LogP contribution in [-0.2, 0) is 0 Å². The second-order valence-electron chi connectivity index (χ2n) is 11.4. The summed E-state index contributed by atoms with van der Waals surface area (Å²) in [5.41, 5.74) is 5.26. The molecule has 0 unspecified atom stereocenters. The van der Waals surface area contributed by atoms with E-state index in [9.17, 15) is 9.59 Å². The highest BCUT2D eigenvalue weighted by atomic mass is 35.5. The van der Waals surface area contributed by atoms with E-state index in [1.54, 1.807) is 42.5 Å². The molecule has 4 N–H and O–H groups in total. The number of carbonyl (C=O) groups excluding carboxylic acids is 2. The fraction of sp³-hybridized carbons (Fsp3) is 0.278. The lowest BCUT2D eigenvalue weighted by Crippen LogP contribution is -2.28. The van der Waals surface area contributed by atoms with E-state index >= 15 is 0 Å². The molecule has 0 saturated carbocycles. The van der Waals surface area contributed by atoms with E-state index in [0.29, 0.717) is 38.0 Å². The predicted octanol–water partition coefficient (Wildman–Crippen LogP) is 8.77. The number of carbonyl (C=O) groups is 2. The van der Waals surface area contributed by atoms with Crippen LogP contribution in [0.2, 0.25) is 15.1 Å². The Balaban J connectivity index is 0.000000178. The van der Waals surface area contributed by atoms with Gasteiger partial charge in [-0.25, -0.2) is 0 Å². The smallest absolute Gasteiger partial charge is 0.255 e. The summed E-state index contributed by atoms with van der Waals surface area (Å²) < 4.78 is 0. The summed E-state index contributed by atoms with van der Waals surface area (Å²) in [5, 5.41) is 14.0. The Morgan fingerprint density at radius 1 is 0.600 bits per heavy atom. The van der Waals surface area contributed by atoms with Gasteiger partial charge in [0.25, 0.3) is 11.8 Å². The molecular weight excluding hydrogens is 627 g/mol. The normalized spacial score (nSPS) is 17.8. The molecule has 6 nitrogen and oxygen atoms in total. The fourth-order valence-corrected chi connectivity index (χ4v) is 6.11. The lowest BCUT2D eigenvalue weighted by Gasteiger charge is -2.23. The maximum absolute atomic E-state index is 12.2. The minimum absolute atomic E-state index is 0.144. The molecule has 45 heavy (non-hydrogen) atoms. The molecule has 0 aromatic heterocycles. The number of nitrogens with one attached hydrogen (secondary N) is 4. The van der Waals surface area contributed by atoms with E-state index < -0.39 is 0 Å². The average Bonchev–Trinajstić information content (AvgIpc) is 3.08. The van der Waals surface area contributed by atoms with Crippen molar-refractivity contribution in [3.63, 3.8) is 0 Å². The zero-order valence-electron chi connectivity index (χ0n) is 24.9. The number of hydrogen-bond acceptors (Lipinski definition) is 4. The van der Waals surface area contributed by atoms with Gasteiger partial charge in [0.15, 0.2) is 0 Å². The van der Waals surface area contributed by atoms with Crippen molar-refractivity contribution in [1.82, 2.24) is 10.6 Å². The van der Waals surface area contributed by atoms with Gasteiger partial charge in [0.1, 0.15) is 0 Å². The van der Waals surface area contributed by atoms with Gasteiger partial charge in [-0.15, -0.1) is 0 Å². The van der Waals surface area contributed by atoms with E-state index in [4.69, 9.17) is 34.8 Å². The van der Waals surface area contributed by atoms with Crippen molar-refractivity contribution in [2.24, 2.45) is 0 Å². The van der Waals surface area contributed by atoms with Crippen LogP contribution in [0, 0.1) is 0 Å². The molecule has 2 fully saturated rings. The maximum Gasteiger partial charge on any atom is 0.255 e. The minimum Gasteiger partial charge on any atom is -0.322 e. The zero-order valence-corrected chi connectivity index (χ0v) is 27.2. The van der Waals surface area contributed by atoms with Crippen molar-refractivity contribution in [2.75, 3.05) is 36.8 Å². The number of rotatable bonds is 6. The number of halogens is 3. The maximum atomic E-state index is 12.2. The Bertz CT molecular complexity index is 1580. The molecule has 4 aromatic rings. The molecule has 4 aromatic carbocycles. The molecule has 234 valence electrons. The Morgan fingerprint density at radius 3 is 1.56 bits per heavy atom. The predicted molar refractivity (Wildman–Crippen MR) is 186 cm³/mol. The number of amides is 2. The molecule has 0 aliphatic carbocycles. The van der Waals surface area contributed by atoms with Crippen molar-refractivity contribution in [1.29, 1.82) is 0 Å². The largest absolute Gasteiger partial charge is 0.322 e. The van der Waals surface area contributed by atoms with Gasteiger partial charge in [-0.2, -0.15) is 0 Å². The molecule has 9 heteroatoms. The van der Waals surface area contributed by atoms with Crippen molar-refractivity contribution in [2.45, 2.75) is 37.5 Å². The number of benzene rings is 4. The van der Waals surface area contributed by atoms with Crippen LogP contribution in [0.5, 0.6) is 0 Å². The Hall–Kier alpha value is -3.39. The number of piperidine rings is 2. The minimum atomic E-state index is -0.198. The van der Waals surface area contributed by atoms with Crippen molar-refractivity contribution in [3.8, 4) is 0 Å². The second-order valence-corrected chi connectivity index (χ2v) is 12.6. The van der Waals surface area contributed by atoms with Gasteiger partial charge >= 0.3 is 0 Å². The summed E-state index contributed by atoms with van der Waals surface area (Å²) in [6.07, 6.45) is 4.86. The highest BCUT2D eigenvalue weighted by Crippen LogP contribution is 2.27. The van der Waals surface area contributed by atoms with Crippen LogP contribution in [0.3, 0.4) is 0 Å². The van der Waals surface area contributed by atoms with Crippen molar-refractivity contribution in [3.05, 3.63) is 128 Å². The summed E-state index contributed by atoms with van der Waals surface area (Å²) in [5.74, 6) is 0.792. The molecule has 0 spiro atoms. The molecule has 2 heterocycles. The third kappa shape index (κ3) is 9.55. The van der Waals surface area contributed by atoms with Gasteiger partial charge in [0, 0.05) is 40.6 Å². The van der Waals surface area contributed by atoms with Gasteiger partial charge < -0.3 is 21.3 Å². The summed E-state index contributed by atoms with van der Waals surface area (Å²) in [6, 6.07) is 28.0. The molecule has 2 saturated heterocycles. The lowest BCUT2D eigenvalue weighted by atomic mass is 9.91. The third-order valence-electron chi connectivity index (χ3n) is 8.14. The van der Waals surface area contributed by atoms with E-state index in [2.05, 4.69) is 45.5 Å². The zero-order chi connectivity index (χ0) is 31.6. The quantitative estimate of drug-likeness (QED) is 0.166. The first-order valence-corrected chi connectivity index (χ1v) is 16.4. The van der Waals surface area contributed by atoms with Crippen LogP contribution in [0.1, 0.15) is 69.4 Å². The summed E-state index contributed by atoms with van der Waals surface area (Å²) in [4.78, 5) is 24.4. The molecule has 2 amide bonds. The molecule has 2 aliphatic heterocycles. The average molecular weight is 664 g/mol. The first-order valence-electron chi connectivity index (χ1n) is 15.3. The highest BCUT2D eigenvalue weighted by Gasteiger charge is 2.16. The van der Waals surface area contributed by atoms with Crippen LogP contribution in [0.25, 0.3) is 0 Å². The second kappa shape index (κ2) is 16.3. The Morgan fingerprint density at radius 2 is 1.11 bits per heavy atom. The monoisotopic (exact) mass is 662 g/mol. The molecule has 6 rings (SSSR count). The Labute approximate surface area is 279 Å². The molecule has 2 atom stereocenters. The Kier molecular flexibility index (Phi) is 11.9. The van der Waals surface area contributed by atoms with E-state index in [0.717, 1.165) is 37.6 Å². The molecule has 0 radical (unpaired) electrons. The van der Waals surface area contributed by atoms with E-state index in [-0.39, 0.29) is 11.8 Å². The molecule has 2 aliphatic rings. The van der Waals surface area contributed by atoms with Gasteiger partial charge in [-0.05, 0) is 122 Å². The van der Waals surface area contributed by atoms with Crippen LogP contribution in [0.15, 0.2) is 91.0 Å². The van der Waals surface area contributed by atoms with Crippen LogP contribution in [-0.4, -0.2) is 38.0 Å². The number of anilines is 2. The van der Waals surface area contributed by atoms with Crippen LogP contribution < -0.4 is 21.3 Å². The molecular formula is C36H37Cl3N4O2. The summed E-state index contributed by atoms with van der Waals surface area (Å²) >= 11 is 17.7. The van der Waals surface area contributed by atoms with Gasteiger partial charge in [-0.3, -0.25) is 9.59 Å². The van der Waals surface area contributed by atoms with Gasteiger partial charge in [-0.1, -0.05) is 65.1 Å². The first kappa shape index (κ1) is 33.0. The fourth-order valence-electron chi connectivity index (χ4n) is 5.62. The van der Waals surface area contributed by atoms with E-state index in [1.165, 1.54) is 36.8 Å². The highest BCUT2D eigenvalue weighted by molar-refractivity contribution is 6.42. The lowest BCUT2D eigenvalue weighted by molar-refractivity contribution is 0.101. The van der Waals surface area contributed by atoms with Crippen LogP contribution in [0.4, 0.5) is 11.4 Å². The third-order valence-corrected chi connectivity index (χ3v) is 9.12. The first-order chi connectivity index (χ1) is 21.9. The van der Waals surface area contributed by atoms with Crippen molar-refractivity contribution >= 4 is 58.0 Å². The van der Waals surface area contributed by atoms with Crippen molar-refractivity contribution < 1.29 is 9.59 Å². The summed E-state index contributed by atoms with van der Waals surface area (Å²) in [6.45, 7) is 4.28. The van der Waals surface area contributed by atoms with Gasteiger partial charge in [0.2, 0.25) is 0 Å². The van der Waals surface area contributed by atoms with Crippen LogP contribution >= 0.6 is 34.8 Å².